The Hall–Kier alpha value is -1.39. The van der Waals surface area contributed by atoms with Gasteiger partial charge in [0, 0.05) is 13.6 Å². The minimum atomic E-state index is 0.0187. The van der Waals surface area contributed by atoms with Crippen LogP contribution in [0.25, 0.3) is 0 Å². The normalized spacial score (nSPS) is 17.6. The van der Waals surface area contributed by atoms with Gasteiger partial charge in [-0.3, -0.25) is 4.79 Å². The lowest BCUT2D eigenvalue weighted by Crippen LogP contribution is -2.33. The second-order valence-corrected chi connectivity index (χ2v) is 4.60. The fourth-order valence-corrected chi connectivity index (χ4v) is 2.46. The summed E-state index contributed by atoms with van der Waals surface area (Å²) >= 11 is 0. The molecule has 4 nitrogen and oxygen atoms in total. The molecule has 0 saturated heterocycles. The average Bonchev–Trinajstić information content (AvgIpc) is 2.82. The molecule has 1 amide bonds. The van der Waals surface area contributed by atoms with Crippen molar-refractivity contribution >= 4 is 5.91 Å². The van der Waals surface area contributed by atoms with Crippen molar-refractivity contribution in [2.45, 2.75) is 18.9 Å². The molecule has 0 saturated carbocycles. The Morgan fingerprint density at radius 1 is 1.50 bits per heavy atom. The van der Waals surface area contributed by atoms with E-state index in [9.17, 15) is 4.79 Å². The highest BCUT2D eigenvalue weighted by molar-refractivity contribution is 5.77. The number of aryl methyl sites for hydroxylation is 1. The fourth-order valence-electron chi connectivity index (χ4n) is 2.46. The van der Waals surface area contributed by atoms with Crippen molar-refractivity contribution in [2.75, 3.05) is 26.8 Å². The molecule has 0 aromatic heterocycles. The Morgan fingerprint density at radius 3 is 3.06 bits per heavy atom. The van der Waals surface area contributed by atoms with Gasteiger partial charge in [0.15, 0.2) is 0 Å². The van der Waals surface area contributed by atoms with Gasteiger partial charge in [-0.05, 0) is 24.0 Å². The van der Waals surface area contributed by atoms with Crippen LogP contribution >= 0.6 is 0 Å². The average molecular weight is 248 g/mol. The van der Waals surface area contributed by atoms with E-state index in [1.165, 1.54) is 11.1 Å². The lowest BCUT2D eigenvalue weighted by atomic mass is 10.1. The summed E-state index contributed by atoms with van der Waals surface area (Å²) in [6, 6.07) is 8.51. The van der Waals surface area contributed by atoms with Crippen LogP contribution in [0.1, 0.15) is 23.6 Å². The quantitative estimate of drug-likeness (QED) is 0.794. The molecule has 0 spiro atoms. The van der Waals surface area contributed by atoms with E-state index in [0.717, 1.165) is 12.8 Å². The Bertz CT molecular complexity index is 420. The highest BCUT2D eigenvalue weighted by atomic mass is 16.5. The molecule has 4 heteroatoms. The molecular formula is C14H20N2O2. The number of nitrogens with two attached hydrogens (primary N) is 1. The maximum absolute atomic E-state index is 12.0. The number of carbonyl (C=O) groups excluding carboxylic acids is 1. The van der Waals surface area contributed by atoms with Gasteiger partial charge in [0.05, 0.1) is 12.6 Å². The van der Waals surface area contributed by atoms with Gasteiger partial charge in [0.1, 0.15) is 6.61 Å². The van der Waals surface area contributed by atoms with Gasteiger partial charge in [0.25, 0.3) is 0 Å². The maximum Gasteiger partial charge on any atom is 0.248 e. The zero-order valence-electron chi connectivity index (χ0n) is 10.8. The van der Waals surface area contributed by atoms with E-state index in [0.29, 0.717) is 13.2 Å². The zero-order chi connectivity index (χ0) is 13.0. The molecule has 1 aromatic rings. The number of fused-ring (bicyclic) bond motifs is 1. The molecule has 2 N–H and O–H groups in total. The second-order valence-electron chi connectivity index (χ2n) is 4.60. The molecule has 1 unspecified atom stereocenters. The van der Waals surface area contributed by atoms with Gasteiger partial charge in [-0.1, -0.05) is 24.3 Å². The molecule has 1 aromatic carbocycles. The molecule has 1 aliphatic rings. The highest BCUT2D eigenvalue weighted by Crippen LogP contribution is 2.34. The van der Waals surface area contributed by atoms with E-state index in [2.05, 4.69) is 12.1 Å². The number of likely N-dealkylation sites (N-methyl/N-ethyl adjacent to an activating group) is 1. The van der Waals surface area contributed by atoms with Crippen molar-refractivity contribution in [1.82, 2.24) is 4.90 Å². The number of rotatable bonds is 5. The minimum Gasteiger partial charge on any atom is -0.370 e. The molecule has 0 bridgehead atoms. The third kappa shape index (κ3) is 2.71. The van der Waals surface area contributed by atoms with E-state index >= 15 is 0 Å². The smallest absolute Gasteiger partial charge is 0.248 e. The van der Waals surface area contributed by atoms with Crippen molar-refractivity contribution in [3.05, 3.63) is 35.4 Å². The first-order valence-electron chi connectivity index (χ1n) is 6.35. The van der Waals surface area contributed by atoms with Gasteiger partial charge in [-0.25, -0.2) is 0 Å². The Balaban J connectivity index is 1.98. The van der Waals surface area contributed by atoms with Gasteiger partial charge in [0.2, 0.25) is 5.91 Å². The van der Waals surface area contributed by atoms with Crippen LogP contribution in [-0.2, 0) is 16.0 Å². The zero-order valence-corrected chi connectivity index (χ0v) is 10.8. The van der Waals surface area contributed by atoms with Crippen molar-refractivity contribution in [3.8, 4) is 0 Å². The molecule has 2 rings (SSSR count). The summed E-state index contributed by atoms with van der Waals surface area (Å²) < 4.78 is 5.20. The topological polar surface area (TPSA) is 55.6 Å². The van der Waals surface area contributed by atoms with E-state index in [1.54, 1.807) is 4.90 Å². The summed E-state index contributed by atoms with van der Waals surface area (Å²) in [6.45, 7) is 0.996. The number of benzene rings is 1. The number of hydrogen-bond donors (Lipinski definition) is 1. The Kier molecular flexibility index (Phi) is 4.33. The minimum absolute atomic E-state index is 0.0187. The van der Waals surface area contributed by atoms with Gasteiger partial charge >= 0.3 is 0 Å². The van der Waals surface area contributed by atoms with Crippen LogP contribution in [0, 0.1) is 0 Å². The predicted octanol–water partition coefficient (Wildman–Crippen LogP) is 1.11. The summed E-state index contributed by atoms with van der Waals surface area (Å²) in [5, 5.41) is 0. The molecule has 0 aliphatic heterocycles. The molecule has 0 radical (unpaired) electrons. The van der Waals surface area contributed by atoms with Crippen molar-refractivity contribution in [1.29, 1.82) is 0 Å². The number of ether oxygens (including phenoxy) is 1. The fraction of sp³-hybridized carbons (Fsp3) is 0.500. The number of hydrogen-bond acceptors (Lipinski definition) is 3. The summed E-state index contributed by atoms with van der Waals surface area (Å²) in [4.78, 5) is 13.8. The first-order chi connectivity index (χ1) is 8.74. The largest absolute Gasteiger partial charge is 0.370 e. The summed E-state index contributed by atoms with van der Waals surface area (Å²) in [5.41, 5.74) is 7.95. The van der Waals surface area contributed by atoms with Crippen LogP contribution in [-0.4, -0.2) is 37.6 Å². The SMILES string of the molecule is CN(C(=O)COCCN)C1CCc2ccccc21. The van der Waals surface area contributed by atoms with Crippen LogP contribution in [0.15, 0.2) is 24.3 Å². The Labute approximate surface area is 108 Å². The van der Waals surface area contributed by atoms with Crippen LogP contribution in [0.4, 0.5) is 0 Å². The number of carbonyl (C=O) groups is 1. The summed E-state index contributed by atoms with van der Waals surface area (Å²) in [5.74, 6) is 0.0187. The van der Waals surface area contributed by atoms with Gasteiger partial charge in [-0.15, -0.1) is 0 Å². The monoisotopic (exact) mass is 248 g/mol. The van der Waals surface area contributed by atoms with Crippen molar-refractivity contribution in [2.24, 2.45) is 5.73 Å². The highest BCUT2D eigenvalue weighted by Gasteiger charge is 2.27. The van der Waals surface area contributed by atoms with Crippen molar-refractivity contribution in [3.63, 3.8) is 0 Å². The molecule has 98 valence electrons. The van der Waals surface area contributed by atoms with E-state index in [1.807, 2.05) is 19.2 Å². The summed E-state index contributed by atoms with van der Waals surface area (Å²) in [6.07, 6.45) is 2.04. The van der Waals surface area contributed by atoms with Gasteiger partial charge in [-0.2, -0.15) is 0 Å². The summed E-state index contributed by atoms with van der Waals surface area (Å²) in [7, 11) is 1.85. The van der Waals surface area contributed by atoms with E-state index < -0.39 is 0 Å². The molecule has 0 heterocycles. The lowest BCUT2D eigenvalue weighted by molar-refractivity contribution is -0.136. The van der Waals surface area contributed by atoms with E-state index in [-0.39, 0.29) is 18.6 Å². The standard InChI is InChI=1S/C14H20N2O2/c1-16(14(17)10-18-9-8-15)13-7-6-11-4-2-3-5-12(11)13/h2-5,13H,6-10,15H2,1H3. The third-order valence-electron chi connectivity index (χ3n) is 3.45. The van der Waals surface area contributed by atoms with Crippen molar-refractivity contribution < 1.29 is 9.53 Å². The maximum atomic E-state index is 12.0. The number of amides is 1. The molecule has 1 aliphatic carbocycles. The first-order valence-corrected chi connectivity index (χ1v) is 6.35. The second kappa shape index (κ2) is 5.98. The number of nitrogens with zero attached hydrogens (tertiary/aromatic N) is 1. The molecule has 0 fully saturated rings. The predicted molar refractivity (Wildman–Crippen MR) is 70.1 cm³/mol. The Morgan fingerprint density at radius 2 is 2.28 bits per heavy atom. The van der Waals surface area contributed by atoms with Crippen LogP contribution < -0.4 is 5.73 Å². The third-order valence-corrected chi connectivity index (χ3v) is 3.45. The molecule has 1 atom stereocenters. The van der Waals surface area contributed by atoms with E-state index in [4.69, 9.17) is 10.5 Å². The molecular weight excluding hydrogens is 228 g/mol. The van der Waals surface area contributed by atoms with Crippen LogP contribution in [0.2, 0.25) is 0 Å². The van der Waals surface area contributed by atoms with Crippen LogP contribution in [0.3, 0.4) is 0 Å². The first kappa shape index (κ1) is 13.1. The lowest BCUT2D eigenvalue weighted by Gasteiger charge is -2.25. The van der Waals surface area contributed by atoms with Crippen LogP contribution in [0.5, 0.6) is 0 Å². The molecule has 18 heavy (non-hydrogen) atoms. The van der Waals surface area contributed by atoms with Gasteiger partial charge < -0.3 is 15.4 Å².